The molecule has 0 aliphatic heterocycles. The summed E-state index contributed by atoms with van der Waals surface area (Å²) in [6.45, 7) is 2.64. The predicted molar refractivity (Wildman–Crippen MR) is 92.9 cm³/mol. The van der Waals surface area contributed by atoms with Gasteiger partial charge in [-0.15, -0.1) is 0 Å². The molecule has 0 saturated heterocycles. The molecule has 23 heavy (non-hydrogen) atoms. The highest BCUT2D eigenvalue weighted by molar-refractivity contribution is 5.53. The van der Waals surface area contributed by atoms with Crippen molar-refractivity contribution in [2.45, 2.75) is 13.5 Å². The van der Waals surface area contributed by atoms with E-state index in [9.17, 15) is 0 Å². The van der Waals surface area contributed by atoms with E-state index in [0.717, 1.165) is 11.5 Å². The van der Waals surface area contributed by atoms with Crippen LogP contribution in [-0.4, -0.2) is 0 Å². The van der Waals surface area contributed by atoms with Gasteiger partial charge in [-0.05, 0) is 54.4 Å². The van der Waals surface area contributed by atoms with Gasteiger partial charge in [-0.3, -0.25) is 0 Å². The third kappa shape index (κ3) is 3.83. The fourth-order valence-corrected chi connectivity index (χ4v) is 2.24. The zero-order valence-electron chi connectivity index (χ0n) is 13.0. The van der Waals surface area contributed by atoms with Crippen LogP contribution in [-0.2, 0) is 6.61 Å². The van der Waals surface area contributed by atoms with Gasteiger partial charge >= 0.3 is 0 Å². The molecule has 3 aromatic carbocycles. The van der Waals surface area contributed by atoms with Gasteiger partial charge in [0.25, 0.3) is 0 Å². The third-order valence-corrected chi connectivity index (χ3v) is 3.63. The van der Waals surface area contributed by atoms with Crippen LogP contribution in [0.4, 0.5) is 5.69 Å². The number of nitrogens with two attached hydrogens (primary N) is 1. The van der Waals surface area contributed by atoms with Gasteiger partial charge in [0.15, 0.2) is 0 Å². The summed E-state index contributed by atoms with van der Waals surface area (Å²) in [4.78, 5) is 0. The molecule has 0 aliphatic rings. The second kappa shape index (κ2) is 6.88. The molecular formula is C20H19NO2. The molecule has 0 bridgehead atoms. The lowest BCUT2D eigenvalue weighted by Gasteiger charge is -2.10. The van der Waals surface area contributed by atoms with Crippen molar-refractivity contribution in [2.24, 2.45) is 0 Å². The van der Waals surface area contributed by atoms with Crippen molar-refractivity contribution in [3.05, 3.63) is 83.9 Å². The van der Waals surface area contributed by atoms with Crippen LogP contribution in [0, 0.1) is 6.92 Å². The summed E-state index contributed by atoms with van der Waals surface area (Å²) >= 11 is 0. The van der Waals surface area contributed by atoms with Crippen LogP contribution in [0.2, 0.25) is 0 Å². The Balaban J connectivity index is 1.63. The Morgan fingerprint density at radius 1 is 0.783 bits per heavy atom. The fourth-order valence-electron chi connectivity index (χ4n) is 2.24. The van der Waals surface area contributed by atoms with E-state index in [-0.39, 0.29) is 0 Å². The number of nitrogen functional groups attached to an aromatic ring is 1. The SMILES string of the molecule is Cc1ccccc1COc1ccc(Oc2ccccc2N)cc1. The van der Waals surface area contributed by atoms with Gasteiger partial charge in [-0.1, -0.05) is 36.4 Å². The molecule has 0 spiro atoms. The summed E-state index contributed by atoms with van der Waals surface area (Å²) in [5.74, 6) is 2.19. The minimum Gasteiger partial charge on any atom is -0.489 e. The smallest absolute Gasteiger partial charge is 0.150 e. The Hall–Kier alpha value is -2.94. The number of ether oxygens (including phenoxy) is 2. The molecule has 0 saturated carbocycles. The Morgan fingerprint density at radius 3 is 2.17 bits per heavy atom. The van der Waals surface area contributed by atoms with Crippen LogP contribution in [0.5, 0.6) is 17.2 Å². The lowest BCUT2D eigenvalue weighted by atomic mass is 10.1. The maximum Gasteiger partial charge on any atom is 0.150 e. The van der Waals surface area contributed by atoms with Gasteiger partial charge < -0.3 is 15.2 Å². The summed E-state index contributed by atoms with van der Waals surface area (Å²) in [7, 11) is 0. The monoisotopic (exact) mass is 305 g/mol. The first-order valence-corrected chi connectivity index (χ1v) is 7.52. The molecule has 3 heteroatoms. The van der Waals surface area contributed by atoms with Crippen LogP contribution in [0.15, 0.2) is 72.8 Å². The van der Waals surface area contributed by atoms with E-state index in [0.29, 0.717) is 18.0 Å². The molecule has 3 aromatic rings. The summed E-state index contributed by atoms with van der Waals surface area (Å²) < 4.78 is 11.6. The highest BCUT2D eigenvalue weighted by atomic mass is 16.5. The van der Waals surface area contributed by atoms with Gasteiger partial charge in [0.2, 0.25) is 0 Å². The minimum atomic E-state index is 0.554. The number of benzene rings is 3. The van der Waals surface area contributed by atoms with Gasteiger partial charge in [-0.2, -0.15) is 0 Å². The summed E-state index contributed by atoms with van der Waals surface area (Å²) in [6, 6.07) is 23.2. The van der Waals surface area contributed by atoms with E-state index < -0.39 is 0 Å². The maximum atomic E-state index is 5.87. The average Bonchev–Trinajstić information content (AvgIpc) is 2.57. The number of para-hydroxylation sites is 2. The van der Waals surface area contributed by atoms with Crippen LogP contribution in [0.1, 0.15) is 11.1 Å². The van der Waals surface area contributed by atoms with Crippen molar-refractivity contribution in [1.82, 2.24) is 0 Å². The summed E-state index contributed by atoms with van der Waals surface area (Å²) in [6.07, 6.45) is 0. The zero-order valence-corrected chi connectivity index (χ0v) is 13.0. The second-order valence-corrected chi connectivity index (χ2v) is 5.33. The Morgan fingerprint density at radius 2 is 1.43 bits per heavy atom. The van der Waals surface area contributed by atoms with Crippen molar-refractivity contribution in [1.29, 1.82) is 0 Å². The van der Waals surface area contributed by atoms with E-state index >= 15 is 0 Å². The fraction of sp³-hybridized carbons (Fsp3) is 0.100. The van der Waals surface area contributed by atoms with Crippen molar-refractivity contribution < 1.29 is 9.47 Å². The lowest BCUT2D eigenvalue weighted by molar-refractivity contribution is 0.305. The molecule has 0 aromatic heterocycles. The molecular weight excluding hydrogens is 286 g/mol. The largest absolute Gasteiger partial charge is 0.489 e. The first-order valence-electron chi connectivity index (χ1n) is 7.52. The van der Waals surface area contributed by atoms with Crippen LogP contribution < -0.4 is 15.2 Å². The summed E-state index contributed by atoms with van der Waals surface area (Å²) in [5.41, 5.74) is 8.91. The molecule has 2 N–H and O–H groups in total. The normalized spacial score (nSPS) is 10.3. The van der Waals surface area contributed by atoms with E-state index in [2.05, 4.69) is 19.1 Å². The Bertz CT molecular complexity index is 782. The first-order chi connectivity index (χ1) is 11.2. The van der Waals surface area contributed by atoms with Crippen LogP contribution in [0.25, 0.3) is 0 Å². The molecule has 0 amide bonds. The first kappa shape index (κ1) is 15.0. The second-order valence-electron chi connectivity index (χ2n) is 5.33. The number of aryl methyl sites for hydroxylation is 1. The Kier molecular flexibility index (Phi) is 4.48. The standard InChI is InChI=1S/C20H19NO2/c1-15-6-2-3-7-16(15)14-22-17-10-12-18(13-11-17)23-20-9-5-4-8-19(20)21/h2-13H,14,21H2,1H3. The molecule has 3 nitrogen and oxygen atoms in total. The maximum absolute atomic E-state index is 5.87. The van der Waals surface area contributed by atoms with Crippen molar-refractivity contribution >= 4 is 5.69 Å². The molecule has 0 aliphatic carbocycles. The van der Waals surface area contributed by atoms with E-state index in [1.807, 2.05) is 60.7 Å². The van der Waals surface area contributed by atoms with Gasteiger partial charge in [0.1, 0.15) is 23.9 Å². The van der Waals surface area contributed by atoms with Gasteiger partial charge in [0.05, 0.1) is 5.69 Å². The molecule has 0 heterocycles. The van der Waals surface area contributed by atoms with Crippen molar-refractivity contribution in [3.63, 3.8) is 0 Å². The topological polar surface area (TPSA) is 44.5 Å². The number of hydrogen-bond acceptors (Lipinski definition) is 3. The molecule has 3 rings (SSSR count). The van der Waals surface area contributed by atoms with Gasteiger partial charge in [0, 0.05) is 0 Å². The number of anilines is 1. The molecule has 0 atom stereocenters. The highest BCUT2D eigenvalue weighted by Crippen LogP contribution is 2.28. The number of rotatable bonds is 5. The minimum absolute atomic E-state index is 0.554. The third-order valence-electron chi connectivity index (χ3n) is 3.63. The van der Waals surface area contributed by atoms with Crippen molar-refractivity contribution in [2.75, 3.05) is 5.73 Å². The highest BCUT2D eigenvalue weighted by Gasteiger charge is 2.03. The molecule has 116 valence electrons. The molecule has 0 unspecified atom stereocenters. The lowest BCUT2D eigenvalue weighted by Crippen LogP contribution is -1.97. The predicted octanol–water partition coefficient (Wildman–Crippen LogP) is 4.95. The van der Waals surface area contributed by atoms with E-state index in [4.69, 9.17) is 15.2 Å². The van der Waals surface area contributed by atoms with Gasteiger partial charge in [-0.25, -0.2) is 0 Å². The van der Waals surface area contributed by atoms with Crippen LogP contribution >= 0.6 is 0 Å². The Labute approximate surface area is 136 Å². The quantitative estimate of drug-likeness (QED) is 0.678. The average molecular weight is 305 g/mol. The zero-order chi connectivity index (χ0) is 16.1. The van der Waals surface area contributed by atoms with Crippen molar-refractivity contribution in [3.8, 4) is 17.2 Å². The summed E-state index contributed by atoms with van der Waals surface area (Å²) in [5, 5.41) is 0. The number of hydrogen-bond donors (Lipinski definition) is 1. The molecule has 0 fully saturated rings. The van der Waals surface area contributed by atoms with E-state index in [1.165, 1.54) is 11.1 Å². The molecule has 0 radical (unpaired) electrons. The van der Waals surface area contributed by atoms with Crippen LogP contribution in [0.3, 0.4) is 0 Å². The van der Waals surface area contributed by atoms with E-state index in [1.54, 1.807) is 0 Å².